The SMILES string of the molecule is CCCN(CCC)S(=O)(=O)C1=CN(C)Cc2ccc(Cl)n21. The van der Waals surface area contributed by atoms with E-state index in [1.807, 2.05) is 31.9 Å². The fourth-order valence-electron chi connectivity index (χ4n) is 2.53. The molecule has 5 nitrogen and oxygen atoms in total. The van der Waals surface area contributed by atoms with Gasteiger partial charge in [-0.1, -0.05) is 25.4 Å². The van der Waals surface area contributed by atoms with Crippen molar-refractivity contribution in [1.82, 2.24) is 13.8 Å². The van der Waals surface area contributed by atoms with Crippen molar-refractivity contribution in [3.8, 4) is 0 Å². The predicted octanol–water partition coefficient (Wildman–Crippen LogP) is 2.79. The molecule has 0 saturated heterocycles. The van der Waals surface area contributed by atoms with Crippen LogP contribution in [-0.2, 0) is 16.6 Å². The number of halogens is 1. The number of aromatic nitrogens is 1. The third-order valence-electron chi connectivity index (χ3n) is 3.43. The quantitative estimate of drug-likeness (QED) is 0.805. The molecule has 0 fully saturated rings. The molecule has 0 unspecified atom stereocenters. The van der Waals surface area contributed by atoms with Crippen LogP contribution in [0.4, 0.5) is 0 Å². The van der Waals surface area contributed by atoms with Gasteiger partial charge in [-0.25, -0.2) is 8.42 Å². The Labute approximate surface area is 131 Å². The molecule has 1 aliphatic rings. The molecular weight excluding hydrogens is 310 g/mol. The largest absolute Gasteiger partial charge is 0.372 e. The lowest BCUT2D eigenvalue weighted by molar-refractivity contribution is 0.407. The Kier molecular flexibility index (Phi) is 5.01. The van der Waals surface area contributed by atoms with E-state index in [0.717, 1.165) is 18.5 Å². The summed E-state index contributed by atoms with van der Waals surface area (Å²) in [6.45, 7) is 5.64. The summed E-state index contributed by atoms with van der Waals surface area (Å²) in [7, 11) is -1.69. The van der Waals surface area contributed by atoms with Gasteiger partial charge in [-0.05, 0) is 25.0 Å². The van der Waals surface area contributed by atoms with Crippen LogP contribution in [0.5, 0.6) is 0 Å². The fourth-order valence-corrected chi connectivity index (χ4v) is 4.72. The van der Waals surface area contributed by atoms with Crippen LogP contribution in [0.2, 0.25) is 5.15 Å². The minimum absolute atomic E-state index is 0.239. The molecule has 1 aromatic heterocycles. The minimum atomic E-state index is -3.56. The standard InChI is InChI=1S/C14H22ClN3O2S/c1-4-8-17(9-5-2)21(19,20)14-11-16(3)10-12-6-7-13(15)18(12)14/h6-7,11H,4-5,8-10H2,1-3H3. The molecule has 0 atom stereocenters. The zero-order chi connectivity index (χ0) is 15.6. The summed E-state index contributed by atoms with van der Waals surface area (Å²) < 4.78 is 29.1. The van der Waals surface area contributed by atoms with Gasteiger partial charge in [0, 0.05) is 32.0 Å². The van der Waals surface area contributed by atoms with Gasteiger partial charge in [-0.15, -0.1) is 0 Å². The molecular formula is C14H22ClN3O2S. The average molecular weight is 332 g/mol. The van der Waals surface area contributed by atoms with Crippen LogP contribution in [0.1, 0.15) is 32.4 Å². The smallest absolute Gasteiger partial charge is 0.260 e. The maximum atomic E-state index is 13.0. The Bertz CT molecular complexity index is 631. The third-order valence-corrected chi connectivity index (χ3v) is 5.58. The second-order valence-electron chi connectivity index (χ2n) is 5.27. The first-order valence-electron chi connectivity index (χ1n) is 7.20. The average Bonchev–Trinajstić information content (AvgIpc) is 2.79. The molecule has 7 heteroatoms. The van der Waals surface area contributed by atoms with Gasteiger partial charge in [0.25, 0.3) is 10.0 Å². The molecule has 0 radical (unpaired) electrons. The molecule has 0 N–H and O–H groups in total. The highest BCUT2D eigenvalue weighted by molar-refractivity contribution is 7.98. The van der Waals surface area contributed by atoms with Crippen LogP contribution >= 0.6 is 11.6 Å². The summed E-state index contributed by atoms with van der Waals surface area (Å²) in [5.74, 6) is 0. The maximum absolute atomic E-state index is 13.0. The lowest BCUT2D eigenvalue weighted by Gasteiger charge is -2.29. The van der Waals surface area contributed by atoms with Gasteiger partial charge >= 0.3 is 0 Å². The van der Waals surface area contributed by atoms with Crippen molar-refractivity contribution in [1.29, 1.82) is 0 Å². The van der Waals surface area contributed by atoms with E-state index in [4.69, 9.17) is 11.6 Å². The van der Waals surface area contributed by atoms with E-state index in [9.17, 15) is 8.42 Å². The highest BCUT2D eigenvalue weighted by Gasteiger charge is 2.31. The van der Waals surface area contributed by atoms with E-state index in [-0.39, 0.29) is 5.03 Å². The second kappa shape index (κ2) is 6.42. The zero-order valence-corrected chi connectivity index (χ0v) is 14.3. The first-order chi connectivity index (χ1) is 9.91. The van der Waals surface area contributed by atoms with Gasteiger partial charge in [0.15, 0.2) is 5.03 Å². The van der Waals surface area contributed by atoms with E-state index >= 15 is 0 Å². The van der Waals surface area contributed by atoms with Crippen molar-refractivity contribution >= 4 is 26.7 Å². The van der Waals surface area contributed by atoms with E-state index in [1.54, 1.807) is 16.8 Å². The summed E-state index contributed by atoms with van der Waals surface area (Å²) >= 11 is 6.19. The summed E-state index contributed by atoms with van der Waals surface area (Å²) in [5, 5.41) is 0.670. The highest BCUT2D eigenvalue weighted by Crippen LogP contribution is 2.30. The minimum Gasteiger partial charge on any atom is -0.372 e. The van der Waals surface area contributed by atoms with Crippen molar-refractivity contribution < 1.29 is 8.42 Å². The van der Waals surface area contributed by atoms with Gasteiger partial charge in [-0.3, -0.25) is 4.57 Å². The van der Waals surface area contributed by atoms with Crippen LogP contribution < -0.4 is 0 Å². The van der Waals surface area contributed by atoms with Gasteiger partial charge in [0.1, 0.15) is 5.15 Å². The fraction of sp³-hybridized carbons (Fsp3) is 0.571. The molecule has 0 spiro atoms. The molecule has 0 aromatic carbocycles. The lowest BCUT2D eigenvalue weighted by atomic mass is 10.4. The predicted molar refractivity (Wildman–Crippen MR) is 86.3 cm³/mol. The molecule has 2 heterocycles. The Morgan fingerprint density at radius 3 is 2.43 bits per heavy atom. The molecule has 118 valence electrons. The first-order valence-corrected chi connectivity index (χ1v) is 9.02. The van der Waals surface area contributed by atoms with Gasteiger partial charge in [0.2, 0.25) is 0 Å². The highest BCUT2D eigenvalue weighted by atomic mass is 35.5. The Morgan fingerprint density at radius 1 is 1.24 bits per heavy atom. The topological polar surface area (TPSA) is 45.6 Å². The van der Waals surface area contributed by atoms with Crippen molar-refractivity contribution in [3.63, 3.8) is 0 Å². The summed E-state index contributed by atoms with van der Waals surface area (Å²) in [5.41, 5.74) is 0.886. The molecule has 21 heavy (non-hydrogen) atoms. The molecule has 1 aliphatic heterocycles. The summed E-state index contributed by atoms with van der Waals surface area (Å²) in [6, 6.07) is 3.61. The van der Waals surface area contributed by atoms with Crippen LogP contribution in [0.25, 0.3) is 5.03 Å². The van der Waals surface area contributed by atoms with Crippen LogP contribution in [-0.4, -0.2) is 42.3 Å². The number of hydrogen-bond donors (Lipinski definition) is 0. The van der Waals surface area contributed by atoms with Crippen molar-refractivity contribution in [2.45, 2.75) is 33.2 Å². The Morgan fingerprint density at radius 2 is 1.86 bits per heavy atom. The lowest BCUT2D eigenvalue weighted by Crippen LogP contribution is -2.36. The number of fused-ring (bicyclic) bond motifs is 1. The summed E-state index contributed by atoms with van der Waals surface area (Å²) in [6.07, 6.45) is 3.23. The molecule has 1 aromatic rings. The maximum Gasteiger partial charge on any atom is 0.260 e. The van der Waals surface area contributed by atoms with Crippen LogP contribution in [0.3, 0.4) is 0 Å². The molecule has 0 saturated carbocycles. The van der Waals surface area contributed by atoms with Gasteiger partial charge in [0.05, 0.1) is 6.54 Å². The normalized spacial score (nSPS) is 15.3. The Hall–Kier alpha value is -0.980. The second-order valence-corrected chi connectivity index (χ2v) is 7.54. The van der Waals surface area contributed by atoms with Crippen molar-refractivity contribution in [2.24, 2.45) is 0 Å². The molecule has 0 bridgehead atoms. The van der Waals surface area contributed by atoms with Gasteiger partial charge in [-0.2, -0.15) is 4.31 Å². The summed E-state index contributed by atoms with van der Waals surface area (Å²) in [4.78, 5) is 1.87. The van der Waals surface area contributed by atoms with E-state index in [0.29, 0.717) is 24.8 Å². The van der Waals surface area contributed by atoms with Crippen molar-refractivity contribution in [3.05, 3.63) is 29.2 Å². The molecule has 0 aliphatic carbocycles. The number of nitrogens with zero attached hydrogens (tertiary/aromatic N) is 3. The number of sulfonamides is 1. The van der Waals surface area contributed by atoms with E-state index < -0.39 is 10.0 Å². The third kappa shape index (κ3) is 3.12. The first kappa shape index (κ1) is 16.4. The Balaban J connectivity index is 2.49. The van der Waals surface area contributed by atoms with Gasteiger partial charge < -0.3 is 4.90 Å². The monoisotopic (exact) mass is 331 g/mol. The van der Waals surface area contributed by atoms with Crippen molar-refractivity contribution in [2.75, 3.05) is 20.1 Å². The van der Waals surface area contributed by atoms with Crippen LogP contribution in [0.15, 0.2) is 18.3 Å². The number of rotatable bonds is 6. The molecule has 0 amide bonds. The number of hydrogen-bond acceptors (Lipinski definition) is 3. The molecule has 2 rings (SSSR count). The van der Waals surface area contributed by atoms with E-state index in [1.165, 1.54) is 4.31 Å². The van der Waals surface area contributed by atoms with E-state index in [2.05, 4.69) is 0 Å². The zero-order valence-electron chi connectivity index (χ0n) is 12.7. The van der Waals surface area contributed by atoms with Crippen LogP contribution in [0, 0.1) is 0 Å².